The molecule has 0 aromatic rings. The molecule has 1 saturated carbocycles. The molecule has 0 aromatic heterocycles. The first-order valence-corrected chi connectivity index (χ1v) is 4.55. The first-order chi connectivity index (χ1) is 5.63. The fourth-order valence-corrected chi connectivity index (χ4v) is 2.03. The van der Waals surface area contributed by atoms with E-state index in [1.54, 1.807) is 0 Å². The molecule has 12 heavy (non-hydrogen) atoms. The Morgan fingerprint density at radius 2 is 2.25 bits per heavy atom. The number of aliphatic hydroxyl groups is 1. The molecule has 0 heterocycles. The van der Waals surface area contributed by atoms with Crippen molar-refractivity contribution in [3.05, 3.63) is 0 Å². The summed E-state index contributed by atoms with van der Waals surface area (Å²) in [7, 11) is 0. The van der Waals surface area contributed by atoms with Gasteiger partial charge in [0.1, 0.15) is 0 Å². The minimum absolute atomic E-state index is 0.531. The van der Waals surface area contributed by atoms with Crippen molar-refractivity contribution in [3.63, 3.8) is 0 Å². The number of carboxylic acid groups (broad SMARTS) is 1. The smallest absolute Gasteiger partial charge is 0.312 e. The summed E-state index contributed by atoms with van der Waals surface area (Å²) >= 11 is 0. The molecular weight excluding hydrogens is 156 g/mol. The fourth-order valence-electron chi connectivity index (χ4n) is 2.03. The van der Waals surface area contributed by atoms with Crippen LogP contribution in [0.2, 0.25) is 0 Å². The van der Waals surface area contributed by atoms with Crippen molar-refractivity contribution in [2.24, 2.45) is 5.41 Å². The van der Waals surface area contributed by atoms with Crippen LogP contribution >= 0.6 is 0 Å². The Hall–Kier alpha value is -0.570. The van der Waals surface area contributed by atoms with Crippen LogP contribution in [0.25, 0.3) is 0 Å². The van der Waals surface area contributed by atoms with E-state index in [4.69, 9.17) is 5.11 Å². The Morgan fingerprint density at radius 1 is 1.58 bits per heavy atom. The molecule has 0 bridgehead atoms. The summed E-state index contributed by atoms with van der Waals surface area (Å²) in [6.07, 6.45) is 3.03. The van der Waals surface area contributed by atoms with Crippen LogP contribution in [0.5, 0.6) is 0 Å². The number of hydrogen-bond acceptors (Lipinski definition) is 2. The second kappa shape index (κ2) is 3.44. The number of aliphatic carboxylic acids is 1. The van der Waals surface area contributed by atoms with E-state index in [0.717, 1.165) is 12.8 Å². The Morgan fingerprint density at radius 3 is 2.58 bits per heavy atom. The Labute approximate surface area is 72.4 Å². The molecule has 1 rings (SSSR count). The van der Waals surface area contributed by atoms with Crippen LogP contribution in [0.3, 0.4) is 0 Å². The lowest BCUT2D eigenvalue weighted by atomic mass is 9.70. The highest BCUT2D eigenvalue weighted by Gasteiger charge is 2.44. The summed E-state index contributed by atoms with van der Waals surface area (Å²) in [6.45, 7) is 1.84. The van der Waals surface area contributed by atoms with Gasteiger partial charge in [-0.05, 0) is 19.3 Å². The summed E-state index contributed by atoms with van der Waals surface area (Å²) in [5.41, 5.74) is -0.849. The fraction of sp³-hybridized carbons (Fsp3) is 0.889. The van der Waals surface area contributed by atoms with E-state index in [1.807, 2.05) is 6.92 Å². The van der Waals surface area contributed by atoms with Gasteiger partial charge in [0.15, 0.2) is 0 Å². The van der Waals surface area contributed by atoms with Crippen LogP contribution in [-0.4, -0.2) is 22.3 Å². The summed E-state index contributed by atoms with van der Waals surface area (Å²) in [5, 5.41) is 18.6. The van der Waals surface area contributed by atoms with Crippen molar-refractivity contribution in [3.8, 4) is 0 Å². The van der Waals surface area contributed by atoms with Crippen LogP contribution in [-0.2, 0) is 4.79 Å². The molecule has 0 saturated heterocycles. The van der Waals surface area contributed by atoms with Crippen molar-refractivity contribution in [1.29, 1.82) is 0 Å². The van der Waals surface area contributed by atoms with Gasteiger partial charge in [-0.3, -0.25) is 4.79 Å². The van der Waals surface area contributed by atoms with Crippen molar-refractivity contribution >= 4 is 5.97 Å². The standard InChI is InChI=1S/C9H16O3/c1-2-9(8(11)12)6-4-3-5-7(9)10/h7,10H,2-6H2,1H3,(H,11,12). The Bertz CT molecular complexity index is 179. The second-order valence-corrected chi connectivity index (χ2v) is 3.58. The molecular formula is C9H16O3. The maximum atomic E-state index is 11.0. The molecule has 3 heteroatoms. The van der Waals surface area contributed by atoms with Crippen LogP contribution in [0.15, 0.2) is 0 Å². The van der Waals surface area contributed by atoms with Crippen molar-refractivity contribution < 1.29 is 15.0 Å². The normalized spacial score (nSPS) is 36.3. The average molecular weight is 172 g/mol. The van der Waals surface area contributed by atoms with E-state index in [1.165, 1.54) is 0 Å². The van der Waals surface area contributed by atoms with Crippen LogP contribution in [0.1, 0.15) is 39.0 Å². The van der Waals surface area contributed by atoms with Crippen molar-refractivity contribution in [2.75, 3.05) is 0 Å². The molecule has 1 aliphatic carbocycles. The topological polar surface area (TPSA) is 57.5 Å². The molecule has 2 N–H and O–H groups in total. The van der Waals surface area contributed by atoms with Gasteiger partial charge in [-0.15, -0.1) is 0 Å². The van der Waals surface area contributed by atoms with E-state index in [0.29, 0.717) is 19.3 Å². The van der Waals surface area contributed by atoms with Gasteiger partial charge in [-0.2, -0.15) is 0 Å². The first kappa shape index (κ1) is 9.52. The number of carbonyl (C=O) groups is 1. The van der Waals surface area contributed by atoms with Gasteiger partial charge in [0, 0.05) is 0 Å². The highest BCUT2D eigenvalue weighted by molar-refractivity contribution is 5.75. The van der Waals surface area contributed by atoms with Gasteiger partial charge in [0.05, 0.1) is 11.5 Å². The maximum absolute atomic E-state index is 11.0. The van der Waals surface area contributed by atoms with E-state index >= 15 is 0 Å². The molecule has 0 radical (unpaired) electrons. The monoisotopic (exact) mass is 172 g/mol. The first-order valence-electron chi connectivity index (χ1n) is 4.55. The zero-order valence-electron chi connectivity index (χ0n) is 7.42. The zero-order valence-corrected chi connectivity index (χ0v) is 7.42. The molecule has 0 spiro atoms. The lowest BCUT2D eigenvalue weighted by Gasteiger charge is -2.36. The number of carboxylic acids is 1. The van der Waals surface area contributed by atoms with Gasteiger partial charge >= 0.3 is 5.97 Å². The van der Waals surface area contributed by atoms with Gasteiger partial charge in [-0.1, -0.05) is 19.8 Å². The molecule has 1 aliphatic rings. The van der Waals surface area contributed by atoms with E-state index in [2.05, 4.69) is 0 Å². The van der Waals surface area contributed by atoms with Gasteiger partial charge in [0.25, 0.3) is 0 Å². The number of hydrogen-bond donors (Lipinski definition) is 2. The third kappa shape index (κ3) is 1.33. The lowest BCUT2D eigenvalue weighted by molar-refractivity contribution is -0.160. The summed E-state index contributed by atoms with van der Waals surface area (Å²) < 4.78 is 0. The largest absolute Gasteiger partial charge is 0.481 e. The van der Waals surface area contributed by atoms with Gasteiger partial charge in [0.2, 0.25) is 0 Å². The molecule has 0 aromatic carbocycles. The van der Waals surface area contributed by atoms with Crippen molar-refractivity contribution in [2.45, 2.75) is 45.1 Å². The molecule has 0 aliphatic heterocycles. The molecule has 3 nitrogen and oxygen atoms in total. The average Bonchev–Trinajstić information content (AvgIpc) is 2.05. The summed E-state index contributed by atoms with van der Waals surface area (Å²) in [5.74, 6) is -0.836. The SMILES string of the molecule is CCC1(C(=O)O)CCCCC1O. The summed E-state index contributed by atoms with van der Waals surface area (Å²) in [6, 6.07) is 0. The number of rotatable bonds is 2. The molecule has 2 atom stereocenters. The minimum atomic E-state index is -0.849. The predicted molar refractivity (Wildman–Crippen MR) is 44.8 cm³/mol. The van der Waals surface area contributed by atoms with E-state index < -0.39 is 17.5 Å². The van der Waals surface area contributed by atoms with E-state index in [-0.39, 0.29) is 0 Å². The second-order valence-electron chi connectivity index (χ2n) is 3.58. The van der Waals surface area contributed by atoms with Crippen LogP contribution in [0.4, 0.5) is 0 Å². The molecule has 1 fully saturated rings. The van der Waals surface area contributed by atoms with Gasteiger partial charge < -0.3 is 10.2 Å². The maximum Gasteiger partial charge on any atom is 0.312 e. The van der Waals surface area contributed by atoms with Crippen LogP contribution < -0.4 is 0 Å². The Kier molecular flexibility index (Phi) is 2.73. The molecule has 2 unspecified atom stereocenters. The highest BCUT2D eigenvalue weighted by Crippen LogP contribution is 2.39. The zero-order chi connectivity index (χ0) is 9.19. The van der Waals surface area contributed by atoms with Crippen molar-refractivity contribution in [1.82, 2.24) is 0 Å². The Balaban J connectivity index is 2.81. The third-order valence-electron chi connectivity index (χ3n) is 3.05. The minimum Gasteiger partial charge on any atom is -0.481 e. The third-order valence-corrected chi connectivity index (χ3v) is 3.05. The van der Waals surface area contributed by atoms with E-state index in [9.17, 15) is 9.90 Å². The molecule has 0 amide bonds. The number of aliphatic hydroxyl groups excluding tert-OH is 1. The molecule has 70 valence electrons. The lowest BCUT2D eigenvalue weighted by Crippen LogP contribution is -2.44. The quantitative estimate of drug-likeness (QED) is 0.662. The predicted octanol–water partition coefficient (Wildman–Crippen LogP) is 1.40. The van der Waals surface area contributed by atoms with Gasteiger partial charge in [-0.25, -0.2) is 0 Å². The van der Waals surface area contributed by atoms with Crippen LogP contribution in [0, 0.1) is 5.41 Å². The highest BCUT2D eigenvalue weighted by atomic mass is 16.4. The summed E-state index contributed by atoms with van der Waals surface area (Å²) in [4.78, 5) is 11.0.